The monoisotopic (exact) mass is 363 g/mol. The van der Waals surface area contributed by atoms with Crippen molar-refractivity contribution < 1.29 is 27.9 Å². The number of hydrogen-bond donors (Lipinski definition) is 1. The third-order valence-corrected chi connectivity index (χ3v) is 4.51. The molecule has 0 fully saturated rings. The van der Waals surface area contributed by atoms with Crippen LogP contribution < -0.4 is 0 Å². The molecule has 0 aromatic heterocycles. The van der Waals surface area contributed by atoms with Gasteiger partial charge in [0.1, 0.15) is 0 Å². The highest BCUT2D eigenvalue weighted by Crippen LogP contribution is 2.33. The zero-order valence-corrected chi connectivity index (χ0v) is 13.7. The summed E-state index contributed by atoms with van der Waals surface area (Å²) in [5.74, 6) is -2.48. The van der Waals surface area contributed by atoms with Crippen molar-refractivity contribution in [3.8, 4) is 0 Å². The molecular formula is C19H16F3NO3. The molecule has 1 heterocycles. The average molecular weight is 363 g/mol. The Labute approximate surface area is 147 Å². The number of amides is 1. The highest BCUT2D eigenvalue weighted by molar-refractivity contribution is 5.83. The number of carboxylic acids is 1. The van der Waals surface area contributed by atoms with E-state index in [9.17, 15) is 27.9 Å². The highest BCUT2D eigenvalue weighted by atomic mass is 19.4. The molecule has 1 aliphatic rings. The molecule has 4 nitrogen and oxygen atoms in total. The van der Waals surface area contributed by atoms with Gasteiger partial charge in [-0.1, -0.05) is 42.5 Å². The standard InChI is InChI=1S/C19H16F3NO3/c20-19(21,22)16-8-4-2-5-12(16)9-17(24)23-10-13-6-1-3-7-14(13)15(11-23)18(25)26/h1-8,15H,9-11H2,(H,25,26). The molecule has 1 amide bonds. The van der Waals surface area contributed by atoms with Gasteiger partial charge < -0.3 is 10.0 Å². The molecule has 0 radical (unpaired) electrons. The first-order chi connectivity index (χ1) is 12.3. The Kier molecular flexibility index (Phi) is 4.71. The van der Waals surface area contributed by atoms with Gasteiger partial charge in [0.05, 0.1) is 17.9 Å². The van der Waals surface area contributed by atoms with E-state index in [-0.39, 0.29) is 18.7 Å². The van der Waals surface area contributed by atoms with Crippen molar-refractivity contribution in [3.63, 3.8) is 0 Å². The van der Waals surface area contributed by atoms with Gasteiger partial charge in [-0.25, -0.2) is 0 Å². The zero-order valence-electron chi connectivity index (χ0n) is 13.7. The van der Waals surface area contributed by atoms with Crippen molar-refractivity contribution in [3.05, 3.63) is 70.8 Å². The quantitative estimate of drug-likeness (QED) is 0.909. The van der Waals surface area contributed by atoms with Crippen LogP contribution in [0.3, 0.4) is 0 Å². The Morgan fingerprint density at radius 3 is 2.42 bits per heavy atom. The molecule has 0 saturated heterocycles. The van der Waals surface area contributed by atoms with Crippen LogP contribution in [-0.2, 0) is 28.7 Å². The van der Waals surface area contributed by atoms with Gasteiger partial charge in [0.2, 0.25) is 5.91 Å². The van der Waals surface area contributed by atoms with Crippen LogP contribution in [0.1, 0.15) is 28.2 Å². The number of halogens is 3. The first-order valence-corrected chi connectivity index (χ1v) is 8.01. The summed E-state index contributed by atoms with van der Waals surface area (Å²) in [6.07, 6.45) is -4.97. The molecule has 1 unspecified atom stereocenters. The van der Waals surface area contributed by atoms with Crippen LogP contribution in [-0.4, -0.2) is 28.4 Å². The fourth-order valence-corrected chi connectivity index (χ4v) is 3.23. The predicted molar refractivity (Wildman–Crippen MR) is 87.4 cm³/mol. The summed E-state index contributed by atoms with van der Waals surface area (Å²) >= 11 is 0. The Morgan fingerprint density at radius 2 is 1.73 bits per heavy atom. The van der Waals surface area contributed by atoms with Crippen LogP contribution in [0.5, 0.6) is 0 Å². The largest absolute Gasteiger partial charge is 0.481 e. The van der Waals surface area contributed by atoms with Gasteiger partial charge in [0, 0.05) is 13.1 Å². The van der Waals surface area contributed by atoms with Gasteiger partial charge in [-0.05, 0) is 22.8 Å². The maximum Gasteiger partial charge on any atom is 0.416 e. The second-order valence-corrected chi connectivity index (χ2v) is 6.20. The summed E-state index contributed by atoms with van der Waals surface area (Å²) in [4.78, 5) is 25.4. The summed E-state index contributed by atoms with van der Waals surface area (Å²) in [7, 11) is 0. The summed E-state index contributed by atoms with van der Waals surface area (Å²) < 4.78 is 39.3. The number of hydrogen-bond acceptors (Lipinski definition) is 2. The van der Waals surface area contributed by atoms with E-state index in [0.29, 0.717) is 11.1 Å². The Morgan fingerprint density at radius 1 is 1.08 bits per heavy atom. The van der Waals surface area contributed by atoms with E-state index in [4.69, 9.17) is 0 Å². The van der Waals surface area contributed by atoms with E-state index >= 15 is 0 Å². The van der Waals surface area contributed by atoms with Crippen LogP contribution in [0, 0.1) is 0 Å². The van der Waals surface area contributed by atoms with Crippen LogP contribution in [0.25, 0.3) is 0 Å². The topological polar surface area (TPSA) is 57.6 Å². The molecule has 136 valence electrons. The number of rotatable bonds is 3. The first kappa shape index (κ1) is 18.0. The van der Waals surface area contributed by atoms with Crippen molar-refractivity contribution in [2.24, 2.45) is 0 Å². The second-order valence-electron chi connectivity index (χ2n) is 6.20. The van der Waals surface area contributed by atoms with Crippen LogP contribution >= 0.6 is 0 Å². The molecule has 3 rings (SSSR count). The Hall–Kier alpha value is -2.83. The molecule has 0 spiro atoms. The number of carbonyl (C=O) groups excluding carboxylic acids is 1. The van der Waals surface area contributed by atoms with E-state index in [0.717, 1.165) is 6.07 Å². The third-order valence-electron chi connectivity index (χ3n) is 4.51. The van der Waals surface area contributed by atoms with Crippen molar-refractivity contribution in [2.75, 3.05) is 6.54 Å². The van der Waals surface area contributed by atoms with Gasteiger partial charge >= 0.3 is 12.1 Å². The molecule has 7 heteroatoms. The van der Waals surface area contributed by atoms with Gasteiger partial charge in [-0.2, -0.15) is 13.2 Å². The lowest BCUT2D eigenvalue weighted by molar-refractivity contribution is -0.141. The van der Waals surface area contributed by atoms with E-state index in [2.05, 4.69) is 0 Å². The lowest BCUT2D eigenvalue weighted by Gasteiger charge is -2.33. The molecule has 1 atom stereocenters. The first-order valence-electron chi connectivity index (χ1n) is 8.01. The SMILES string of the molecule is O=C(O)C1CN(C(=O)Cc2ccccc2C(F)(F)F)Cc2ccccc21. The van der Waals surface area contributed by atoms with Crippen molar-refractivity contribution >= 4 is 11.9 Å². The minimum absolute atomic E-state index is 0.0562. The minimum atomic E-state index is -4.55. The fraction of sp³-hybridized carbons (Fsp3) is 0.263. The molecule has 1 N–H and O–H groups in total. The van der Waals surface area contributed by atoms with Crippen molar-refractivity contribution in [1.82, 2.24) is 4.90 Å². The van der Waals surface area contributed by atoms with E-state index in [1.165, 1.54) is 23.1 Å². The van der Waals surface area contributed by atoms with Gasteiger partial charge in [0.15, 0.2) is 0 Å². The summed E-state index contributed by atoms with van der Waals surface area (Å²) in [6, 6.07) is 11.8. The maximum atomic E-state index is 13.1. The molecule has 1 aliphatic heterocycles. The van der Waals surface area contributed by atoms with E-state index in [1.807, 2.05) is 0 Å². The number of fused-ring (bicyclic) bond motifs is 1. The summed E-state index contributed by atoms with van der Waals surface area (Å²) in [5.41, 5.74) is 0.375. The second kappa shape index (κ2) is 6.82. The van der Waals surface area contributed by atoms with Gasteiger partial charge in [-0.3, -0.25) is 9.59 Å². The average Bonchev–Trinajstić information content (AvgIpc) is 2.60. The third kappa shape index (κ3) is 3.56. The number of benzene rings is 2. The number of alkyl halides is 3. The number of aliphatic carboxylic acids is 1. The van der Waals surface area contributed by atoms with Gasteiger partial charge in [-0.15, -0.1) is 0 Å². The lowest BCUT2D eigenvalue weighted by atomic mass is 9.89. The van der Waals surface area contributed by atoms with E-state index in [1.54, 1.807) is 24.3 Å². The number of carboxylic acid groups (broad SMARTS) is 1. The van der Waals surface area contributed by atoms with Crippen LogP contribution in [0.4, 0.5) is 13.2 Å². The summed E-state index contributed by atoms with van der Waals surface area (Å²) in [5, 5.41) is 9.44. The smallest absolute Gasteiger partial charge is 0.416 e. The van der Waals surface area contributed by atoms with Crippen molar-refractivity contribution in [1.29, 1.82) is 0 Å². The maximum absolute atomic E-state index is 13.1. The summed E-state index contributed by atoms with van der Waals surface area (Å²) in [6.45, 7) is 0.131. The molecule has 26 heavy (non-hydrogen) atoms. The Bertz CT molecular complexity index is 848. The fourth-order valence-electron chi connectivity index (χ4n) is 3.23. The molecule has 2 aromatic rings. The van der Waals surface area contributed by atoms with Crippen molar-refractivity contribution in [2.45, 2.75) is 25.1 Å². The zero-order chi connectivity index (χ0) is 18.9. The lowest BCUT2D eigenvalue weighted by Crippen LogP contribution is -2.41. The van der Waals surface area contributed by atoms with E-state index < -0.39 is 36.0 Å². The normalized spacial score (nSPS) is 16.9. The molecule has 0 bridgehead atoms. The molecule has 0 saturated carbocycles. The Balaban J connectivity index is 1.85. The van der Waals surface area contributed by atoms with Gasteiger partial charge in [0.25, 0.3) is 0 Å². The molecule has 2 aromatic carbocycles. The highest BCUT2D eigenvalue weighted by Gasteiger charge is 2.35. The van der Waals surface area contributed by atoms with Crippen LogP contribution in [0.15, 0.2) is 48.5 Å². The molecular weight excluding hydrogens is 347 g/mol. The van der Waals surface area contributed by atoms with Crippen LogP contribution in [0.2, 0.25) is 0 Å². The number of carbonyl (C=O) groups is 2. The molecule has 0 aliphatic carbocycles. The minimum Gasteiger partial charge on any atom is -0.481 e. The predicted octanol–water partition coefficient (Wildman–Crippen LogP) is 3.46. The number of nitrogens with zero attached hydrogens (tertiary/aromatic N) is 1.